The fraction of sp³-hybridized carbons (Fsp3) is 0.529. The highest BCUT2D eigenvalue weighted by Crippen LogP contribution is 2.39. The molecule has 1 aliphatic heterocycles. The van der Waals surface area contributed by atoms with Crippen molar-refractivity contribution >= 4 is 17.4 Å². The molecule has 7 nitrogen and oxygen atoms in total. The number of hydrogen-bond donors (Lipinski definition) is 0. The monoisotopic (exact) mass is 326 g/mol. The Hall–Kier alpha value is -2.44. The number of carbonyl (C=O) groups is 1. The van der Waals surface area contributed by atoms with Crippen molar-refractivity contribution in [3.8, 4) is 5.95 Å². The first-order valence-electron chi connectivity index (χ1n) is 8.62. The molecule has 126 valence electrons. The molecule has 1 saturated carbocycles. The smallest absolute Gasteiger partial charge is 0.249 e. The molecule has 7 heteroatoms. The van der Waals surface area contributed by atoms with Gasteiger partial charge in [0.05, 0.1) is 6.20 Å². The van der Waals surface area contributed by atoms with Crippen molar-refractivity contribution in [2.75, 3.05) is 16.8 Å². The zero-order valence-corrected chi connectivity index (χ0v) is 14.1. The van der Waals surface area contributed by atoms with Crippen LogP contribution in [-0.4, -0.2) is 44.6 Å². The first-order valence-corrected chi connectivity index (χ1v) is 8.62. The van der Waals surface area contributed by atoms with Crippen LogP contribution in [0.1, 0.15) is 39.0 Å². The summed E-state index contributed by atoms with van der Waals surface area (Å²) in [5, 5.41) is 0. The number of rotatable bonds is 3. The molecule has 0 aromatic carbocycles. The summed E-state index contributed by atoms with van der Waals surface area (Å²) >= 11 is 0. The summed E-state index contributed by atoms with van der Waals surface area (Å²) in [4.78, 5) is 30.1. The molecule has 3 heterocycles. The summed E-state index contributed by atoms with van der Waals surface area (Å²) in [7, 11) is 1.82. The molecule has 0 saturated heterocycles. The molecule has 1 atom stereocenters. The molecule has 2 aliphatic rings. The van der Waals surface area contributed by atoms with Crippen molar-refractivity contribution in [3.05, 3.63) is 24.9 Å². The van der Waals surface area contributed by atoms with Gasteiger partial charge in [-0.15, -0.1) is 0 Å². The average Bonchev–Trinajstić information content (AvgIpc) is 3.30. The summed E-state index contributed by atoms with van der Waals surface area (Å²) in [6.07, 6.45) is 12.4. The molecule has 24 heavy (non-hydrogen) atoms. The molecule has 1 amide bonds. The van der Waals surface area contributed by atoms with Gasteiger partial charge in [-0.1, -0.05) is 19.8 Å². The maximum absolute atomic E-state index is 12.8. The molecular formula is C17H22N6O. The molecule has 2 aromatic heterocycles. The molecule has 2 aromatic rings. The second kappa shape index (κ2) is 5.89. The Labute approximate surface area is 141 Å². The van der Waals surface area contributed by atoms with Gasteiger partial charge in [-0.2, -0.15) is 4.98 Å². The lowest BCUT2D eigenvalue weighted by Crippen LogP contribution is -2.55. The third-order valence-corrected chi connectivity index (χ3v) is 5.13. The predicted octanol–water partition coefficient (Wildman–Crippen LogP) is 2.17. The van der Waals surface area contributed by atoms with Gasteiger partial charge in [0, 0.05) is 25.5 Å². The molecule has 0 N–H and O–H groups in total. The maximum Gasteiger partial charge on any atom is 0.249 e. The third kappa shape index (κ3) is 2.26. The minimum absolute atomic E-state index is 0.135. The lowest BCUT2D eigenvalue weighted by Gasteiger charge is -2.43. The van der Waals surface area contributed by atoms with Gasteiger partial charge in [0.1, 0.15) is 18.1 Å². The van der Waals surface area contributed by atoms with Gasteiger partial charge in [-0.3, -0.25) is 9.36 Å². The summed E-state index contributed by atoms with van der Waals surface area (Å²) in [6.45, 7) is 2.07. The Kier molecular flexibility index (Phi) is 3.70. The van der Waals surface area contributed by atoms with Crippen LogP contribution in [0.4, 0.5) is 11.5 Å². The number of likely N-dealkylation sites (N-methyl/N-ethyl adjacent to an activating group) is 1. The Morgan fingerprint density at radius 2 is 2.08 bits per heavy atom. The first kappa shape index (κ1) is 15.1. The number of aromatic nitrogens is 4. The van der Waals surface area contributed by atoms with Crippen LogP contribution in [0.15, 0.2) is 24.9 Å². The van der Waals surface area contributed by atoms with Gasteiger partial charge >= 0.3 is 0 Å². The Morgan fingerprint density at radius 3 is 2.75 bits per heavy atom. The SMILES string of the molecule is CC[C@@H]1C(=O)N(C)c2cnc(-n3ccnc3)nc2N1C1CCCC1. The number of nitrogens with zero attached hydrogens (tertiary/aromatic N) is 6. The number of amides is 1. The van der Waals surface area contributed by atoms with Crippen LogP contribution in [-0.2, 0) is 4.79 Å². The van der Waals surface area contributed by atoms with E-state index < -0.39 is 0 Å². The number of carbonyl (C=O) groups excluding carboxylic acids is 1. The Bertz CT molecular complexity index is 738. The lowest BCUT2D eigenvalue weighted by molar-refractivity contribution is -0.120. The third-order valence-electron chi connectivity index (χ3n) is 5.13. The molecule has 1 fully saturated rings. The van der Waals surface area contributed by atoms with E-state index in [1.165, 1.54) is 12.8 Å². The van der Waals surface area contributed by atoms with E-state index in [1.54, 1.807) is 28.2 Å². The summed E-state index contributed by atoms with van der Waals surface area (Å²) in [5.74, 6) is 1.59. The van der Waals surface area contributed by atoms with E-state index in [1.807, 2.05) is 13.2 Å². The second-order valence-corrected chi connectivity index (χ2v) is 6.52. The molecule has 0 spiro atoms. The van der Waals surface area contributed by atoms with E-state index >= 15 is 0 Å². The zero-order valence-electron chi connectivity index (χ0n) is 14.1. The predicted molar refractivity (Wildman–Crippen MR) is 91.4 cm³/mol. The van der Waals surface area contributed by atoms with Crippen LogP contribution in [0.2, 0.25) is 0 Å². The van der Waals surface area contributed by atoms with Gasteiger partial charge in [0.25, 0.3) is 0 Å². The average molecular weight is 326 g/mol. The lowest BCUT2D eigenvalue weighted by atomic mass is 10.0. The molecule has 0 bridgehead atoms. The first-order chi connectivity index (χ1) is 11.7. The van der Waals surface area contributed by atoms with Crippen molar-refractivity contribution in [3.63, 3.8) is 0 Å². The van der Waals surface area contributed by atoms with Crippen LogP contribution < -0.4 is 9.80 Å². The largest absolute Gasteiger partial charge is 0.340 e. The van der Waals surface area contributed by atoms with Crippen LogP contribution in [0.3, 0.4) is 0 Å². The minimum atomic E-state index is -0.142. The van der Waals surface area contributed by atoms with Gasteiger partial charge in [0.15, 0.2) is 5.82 Å². The van der Waals surface area contributed by atoms with Gasteiger partial charge in [-0.25, -0.2) is 9.97 Å². The van der Waals surface area contributed by atoms with E-state index in [-0.39, 0.29) is 11.9 Å². The van der Waals surface area contributed by atoms with Crippen molar-refractivity contribution in [1.29, 1.82) is 0 Å². The second-order valence-electron chi connectivity index (χ2n) is 6.52. The number of fused-ring (bicyclic) bond motifs is 1. The van der Waals surface area contributed by atoms with E-state index in [9.17, 15) is 4.79 Å². The fourth-order valence-corrected chi connectivity index (χ4v) is 3.88. The minimum Gasteiger partial charge on any atom is -0.340 e. The van der Waals surface area contributed by atoms with Crippen LogP contribution in [0, 0.1) is 0 Å². The van der Waals surface area contributed by atoms with E-state index in [2.05, 4.69) is 21.8 Å². The molecule has 0 unspecified atom stereocenters. The van der Waals surface area contributed by atoms with E-state index in [0.29, 0.717) is 12.0 Å². The molecule has 1 aliphatic carbocycles. The van der Waals surface area contributed by atoms with Crippen molar-refractivity contribution in [2.45, 2.75) is 51.1 Å². The topological polar surface area (TPSA) is 67.2 Å². The van der Waals surface area contributed by atoms with Crippen molar-refractivity contribution in [2.24, 2.45) is 0 Å². The van der Waals surface area contributed by atoms with Crippen LogP contribution in [0.5, 0.6) is 0 Å². The maximum atomic E-state index is 12.8. The van der Waals surface area contributed by atoms with Crippen molar-refractivity contribution in [1.82, 2.24) is 19.5 Å². The number of hydrogen-bond acceptors (Lipinski definition) is 5. The van der Waals surface area contributed by atoms with Gasteiger partial charge < -0.3 is 9.80 Å². The number of imidazole rings is 1. The highest BCUT2D eigenvalue weighted by molar-refractivity contribution is 6.04. The molecule has 0 radical (unpaired) electrons. The summed E-state index contributed by atoms with van der Waals surface area (Å²) in [5.41, 5.74) is 0.792. The summed E-state index contributed by atoms with van der Waals surface area (Å²) < 4.78 is 1.80. The molecular weight excluding hydrogens is 304 g/mol. The zero-order chi connectivity index (χ0) is 16.7. The quantitative estimate of drug-likeness (QED) is 0.865. The normalized spacial score (nSPS) is 21.4. The van der Waals surface area contributed by atoms with Crippen LogP contribution in [0.25, 0.3) is 5.95 Å². The van der Waals surface area contributed by atoms with Crippen LogP contribution >= 0.6 is 0 Å². The van der Waals surface area contributed by atoms with E-state index in [4.69, 9.17) is 4.98 Å². The number of anilines is 2. The van der Waals surface area contributed by atoms with Crippen molar-refractivity contribution < 1.29 is 4.79 Å². The highest BCUT2D eigenvalue weighted by Gasteiger charge is 2.41. The Morgan fingerprint density at radius 1 is 1.29 bits per heavy atom. The van der Waals surface area contributed by atoms with Gasteiger partial charge in [0.2, 0.25) is 11.9 Å². The van der Waals surface area contributed by atoms with Gasteiger partial charge in [-0.05, 0) is 19.3 Å². The molecule has 4 rings (SSSR count). The highest BCUT2D eigenvalue weighted by atomic mass is 16.2. The standard InChI is InChI=1S/C17H22N6O/c1-3-13-16(24)21(2)14-10-19-17(22-9-8-18-11-22)20-15(14)23(13)12-6-4-5-7-12/h8-13H,3-7H2,1-2H3/t13-/m1/s1. The summed E-state index contributed by atoms with van der Waals surface area (Å²) in [6, 6.07) is 0.244. The fourth-order valence-electron chi connectivity index (χ4n) is 3.88. The Balaban J connectivity index is 1.84. The van der Waals surface area contributed by atoms with E-state index in [0.717, 1.165) is 30.8 Å².